The molecule has 2 saturated heterocycles. The summed E-state index contributed by atoms with van der Waals surface area (Å²) in [5.74, 6) is -0.180. The predicted molar refractivity (Wildman–Crippen MR) is 105 cm³/mol. The number of aromatic nitrogens is 1. The van der Waals surface area contributed by atoms with E-state index in [-0.39, 0.29) is 17.9 Å². The van der Waals surface area contributed by atoms with Gasteiger partial charge in [0.05, 0.1) is 24.5 Å². The molecule has 3 aliphatic rings. The van der Waals surface area contributed by atoms with Crippen molar-refractivity contribution in [2.24, 2.45) is 11.8 Å². The summed E-state index contributed by atoms with van der Waals surface area (Å²) in [6.45, 7) is 2.71. The number of benzene rings is 1. The van der Waals surface area contributed by atoms with Crippen LogP contribution >= 0.6 is 0 Å². The molecule has 7 nitrogen and oxygen atoms in total. The number of amides is 2. The van der Waals surface area contributed by atoms with Crippen molar-refractivity contribution in [1.82, 2.24) is 10.5 Å². The molecule has 1 spiro atoms. The zero-order chi connectivity index (χ0) is 20.0. The molecule has 4 atom stereocenters. The molecule has 2 amide bonds. The number of fused-ring (bicyclic) bond motifs is 1. The largest absolute Gasteiger partial charge is 0.360 e. The second-order valence-corrected chi connectivity index (χ2v) is 8.00. The molecule has 2 fully saturated rings. The number of hydrogen-bond donors (Lipinski definition) is 1. The van der Waals surface area contributed by atoms with Crippen molar-refractivity contribution in [1.29, 1.82) is 0 Å². The fourth-order valence-corrected chi connectivity index (χ4v) is 4.74. The molecule has 4 heterocycles. The molecule has 1 N–H and O–H groups in total. The molecule has 3 aliphatic heterocycles. The van der Waals surface area contributed by atoms with E-state index < -0.39 is 17.4 Å². The molecule has 1 aromatic carbocycles. The van der Waals surface area contributed by atoms with Crippen LogP contribution in [0.15, 0.2) is 53.1 Å². The minimum atomic E-state index is -0.749. The van der Waals surface area contributed by atoms with E-state index in [0.29, 0.717) is 24.7 Å². The molecular formula is C22H23N3O4. The van der Waals surface area contributed by atoms with E-state index in [1.54, 1.807) is 17.9 Å². The minimum Gasteiger partial charge on any atom is -0.360 e. The van der Waals surface area contributed by atoms with Gasteiger partial charge in [-0.15, -0.1) is 0 Å². The highest BCUT2D eigenvalue weighted by molar-refractivity contribution is 6.02. The SMILES string of the molecule is Cc1cc(N2C[C@]34C=C[C@H](O3)[C@H](C(=O)NCCCc3ccccc3)[C@@H]4C2=O)no1. The van der Waals surface area contributed by atoms with E-state index in [0.717, 1.165) is 12.8 Å². The number of carbonyl (C=O) groups is 2. The van der Waals surface area contributed by atoms with E-state index in [2.05, 4.69) is 22.6 Å². The molecule has 7 heteroatoms. The van der Waals surface area contributed by atoms with Crippen LogP contribution < -0.4 is 10.2 Å². The normalized spacial score (nSPS) is 29.5. The first-order valence-corrected chi connectivity index (χ1v) is 10.0. The first kappa shape index (κ1) is 18.1. The zero-order valence-corrected chi connectivity index (χ0v) is 16.2. The van der Waals surface area contributed by atoms with E-state index in [1.165, 1.54) is 5.56 Å². The Morgan fingerprint density at radius 1 is 1.34 bits per heavy atom. The van der Waals surface area contributed by atoms with Crippen LogP contribution in [0.2, 0.25) is 0 Å². The number of rotatable bonds is 6. The van der Waals surface area contributed by atoms with Crippen LogP contribution in [-0.4, -0.2) is 41.8 Å². The lowest BCUT2D eigenvalue weighted by Gasteiger charge is -2.23. The molecule has 0 unspecified atom stereocenters. The van der Waals surface area contributed by atoms with Gasteiger partial charge in [-0.25, -0.2) is 0 Å². The number of carbonyl (C=O) groups excluding carboxylic acids is 2. The number of anilines is 1. The summed E-state index contributed by atoms with van der Waals surface area (Å²) in [6, 6.07) is 11.9. The minimum absolute atomic E-state index is 0.120. The second kappa shape index (κ2) is 6.84. The Hall–Kier alpha value is -2.93. The summed E-state index contributed by atoms with van der Waals surface area (Å²) in [4.78, 5) is 27.7. The summed E-state index contributed by atoms with van der Waals surface area (Å²) < 4.78 is 11.2. The standard InChI is InChI=1S/C22H23N3O4/c1-14-12-17(24-29-14)25-13-22-10-9-16(28-22)18(19(22)21(25)27)20(26)23-11-5-8-15-6-3-2-4-7-15/h2-4,6-7,9-10,12,16,18-19H,5,8,11,13H2,1H3,(H,23,26)/t16-,18-,19+,22-/m0/s1. The van der Waals surface area contributed by atoms with Gasteiger partial charge in [-0.1, -0.05) is 47.6 Å². The fraction of sp³-hybridized carbons (Fsp3) is 0.409. The topological polar surface area (TPSA) is 84.7 Å². The Morgan fingerprint density at radius 3 is 2.93 bits per heavy atom. The van der Waals surface area contributed by atoms with Crippen LogP contribution in [0.5, 0.6) is 0 Å². The fourth-order valence-electron chi connectivity index (χ4n) is 4.74. The summed E-state index contributed by atoms with van der Waals surface area (Å²) in [5, 5.41) is 6.97. The van der Waals surface area contributed by atoms with Crippen LogP contribution in [0.4, 0.5) is 5.82 Å². The average molecular weight is 393 g/mol. The van der Waals surface area contributed by atoms with Crippen molar-refractivity contribution in [3.8, 4) is 0 Å². The van der Waals surface area contributed by atoms with Crippen LogP contribution in [-0.2, 0) is 20.7 Å². The van der Waals surface area contributed by atoms with Crippen molar-refractivity contribution in [2.45, 2.75) is 31.5 Å². The quantitative estimate of drug-likeness (QED) is 0.600. The van der Waals surface area contributed by atoms with E-state index >= 15 is 0 Å². The third-order valence-electron chi connectivity index (χ3n) is 6.08. The second-order valence-electron chi connectivity index (χ2n) is 8.00. The molecule has 2 aromatic rings. The van der Waals surface area contributed by atoms with Crippen molar-refractivity contribution in [2.75, 3.05) is 18.0 Å². The average Bonchev–Trinajstić information content (AvgIpc) is 3.47. The number of aryl methyl sites for hydroxylation is 2. The smallest absolute Gasteiger partial charge is 0.235 e. The third kappa shape index (κ3) is 2.97. The number of nitrogens with zero attached hydrogens (tertiary/aromatic N) is 2. The number of ether oxygens (including phenoxy) is 1. The van der Waals surface area contributed by atoms with Gasteiger partial charge in [0.2, 0.25) is 11.8 Å². The van der Waals surface area contributed by atoms with E-state index in [1.807, 2.05) is 30.4 Å². The molecule has 0 aliphatic carbocycles. The van der Waals surface area contributed by atoms with Gasteiger partial charge in [0.15, 0.2) is 5.82 Å². The maximum absolute atomic E-state index is 13.2. The predicted octanol–water partition coefficient (Wildman–Crippen LogP) is 2.02. The molecule has 5 rings (SSSR count). The molecule has 0 radical (unpaired) electrons. The summed E-state index contributed by atoms with van der Waals surface area (Å²) >= 11 is 0. The Morgan fingerprint density at radius 2 is 2.17 bits per heavy atom. The number of hydrogen-bond acceptors (Lipinski definition) is 5. The monoisotopic (exact) mass is 393 g/mol. The van der Waals surface area contributed by atoms with Gasteiger partial charge in [-0.05, 0) is 25.3 Å². The summed E-state index contributed by atoms with van der Waals surface area (Å²) in [6.07, 6.45) is 5.25. The molecule has 1 aromatic heterocycles. The Balaban J connectivity index is 1.26. The highest BCUT2D eigenvalue weighted by atomic mass is 16.5. The lowest BCUT2D eigenvalue weighted by molar-refractivity contribution is -0.131. The molecule has 0 saturated carbocycles. The van der Waals surface area contributed by atoms with Gasteiger partial charge in [-0.2, -0.15) is 0 Å². The van der Waals surface area contributed by atoms with Crippen molar-refractivity contribution in [3.05, 3.63) is 59.9 Å². The summed E-state index contributed by atoms with van der Waals surface area (Å²) in [7, 11) is 0. The first-order valence-electron chi connectivity index (χ1n) is 10.0. The van der Waals surface area contributed by atoms with Crippen molar-refractivity contribution >= 4 is 17.6 Å². The highest BCUT2D eigenvalue weighted by Crippen LogP contribution is 2.52. The van der Waals surface area contributed by atoms with Gasteiger partial charge in [0.25, 0.3) is 0 Å². The summed E-state index contributed by atoms with van der Waals surface area (Å²) in [5.41, 5.74) is 0.497. The Bertz CT molecular complexity index is 969. The first-order chi connectivity index (χ1) is 14.1. The lowest BCUT2D eigenvalue weighted by atomic mass is 9.77. The van der Waals surface area contributed by atoms with Gasteiger partial charge >= 0.3 is 0 Å². The van der Waals surface area contributed by atoms with E-state index in [9.17, 15) is 9.59 Å². The van der Waals surface area contributed by atoms with Crippen LogP contribution in [0.25, 0.3) is 0 Å². The van der Waals surface area contributed by atoms with Crippen LogP contribution in [0, 0.1) is 18.8 Å². The lowest BCUT2D eigenvalue weighted by Crippen LogP contribution is -2.44. The van der Waals surface area contributed by atoms with E-state index in [4.69, 9.17) is 9.26 Å². The Labute approximate surface area is 168 Å². The Kier molecular flexibility index (Phi) is 4.28. The number of nitrogens with one attached hydrogen (secondary N) is 1. The van der Waals surface area contributed by atoms with Crippen LogP contribution in [0.3, 0.4) is 0 Å². The molecular weight excluding hydrogens is 370 g/mol. The van der Waals surface area contributed by atoms with Gasteiger partial charge in [-0.3, -0.25) is 14.5 Å². The van der Waals surface area contributed by atoms with Gasteiger partial charge in [0.1, 0.15) is 11.4 Å². The van der Waals surface area contributed by atoms with Gasteiger partial charge < -0.3 is 14.6 Å². The third-order valence-corrected chi connectivity index (χ3v) is 6.08. The maximum Gasteiger partial charge on any atom is 0.235 e. The molecule has 29 heavy (non-hydrogen) atoms. The highest BCUT2D eigenvalue weighted by Gasteiger charge is 2.67. The molecule has 2 bridgehead atoms. The van der Waals surface area contributed by atoms with Crippen molar-refractivity contribution in [3.63, 3.8) is 0 Å². The maximum atomic E-state index is 13.2. The van der Waals surface area contributed by atoms with Crippen LogP contribution in [0.1, 0.15) is 17.7 Å². The van der Waals surface area contributed by atoms with Crippen molar-refractivity contribution < 1.29 is 18.8 Å². The zero-order valence-electron chi connectivity index (χ0n) is 16.2. The molecule has 150 valence electrons. The van der Waals surface area contributed by atoms with Gasteiger partial charge in [0, 0.05) is 12.6 Å².